The SMILES string of the molecule is CS(=O)(=O)O.O=C(O)/C=C/C(=O)O.O=C(O)CCC(=O)O. The molecule has 11 nitrogen and oxygen atoms in total. The van der Waals surface area contributed by atoms with Crippen LogP contribution in [0.2, 0.25) is 0 Å². The van der Waals surface area contributed by atoms with E-state index < -0.39 is 34.0 Å². The Morgan fingerprint density at radius 2 is 1.00 bits per heavy atom. The second-order valence-corrected chi connectivity index (χ2v) is 4.50. The van der Waals surface area contributed by atoms with Crippen LogP contribution in [0.1, 0.15) is 12.8 Å². The summed E-state index contributed by atoms with van der Waals surface area (Å²) in [7, 11) is -3.67. The average Bonchev–Trinajstić information content (AvgIpc) is 2.22. The summed E-state index contributed by atoms with van der Waals surface area (Å²) in [5, 5.41) is 31.4. The van der Waals surface area contributed by atoms with Crippen molar-refractivity contribution < 1.29 is 52.6 Å². The Morgan fingerprint density at radius 1 is 0.810 bits per heavy atom. The molecule has 0 spiro atoms. The number of hydrogen-bond acceptors (Lipinski definition) is 6. The molecule has 0 aliphatic rings. The predicted molar refractivity (Wildman–Crippen MR) is 66.4 cm³/mol. The molecule has 0 radical (unpaired) electrons. The van der Waals surface area contributed by atoms with E-state index in [1.165, 1.54) is 0 Å². The van der Waals surface area contributed by atoms with Gasteiger partial charge in [0, 0.05) is 12.2 Å². The largest absolute Gasteiger partial charge is 0.481 e. The second kappa shape index (κ2) is 12.6. The van der Waals surface area contributed by atoms with E-state index in [0.29, 0.717) is 18.4 Å². The Hall–Kier alpha value is -2.47. The van der Waals surface area contributed by atoms with E-state index in [4.69, 9.17) is 25.0 Å². The molecule has 0 saturated carbocycles. The van der Waals surface area contributed by atoms with Crippen molar-refractivity contribution in [2.24, 2.45) is 0 Å². The van der Waals surface area contributed by atoms with Crippen molar-refractivity contribution in [3.05, 3.63) is 12.2 Å². The van der Waals surface area contributed by atoms with Crippen LogP contribution in [-0.2, 0) is 29.3 Å². The van der Waals surface area contributed by atoms with Crippen molar-refractivity contribution in [2.45, 2.75) is 12.8 Å². The highest BCUT2D eigenvalue weighted by Gasteiger charge is 2.00. The van der Waals surface area contributed by atoms with Gasteiger partial charge in [0.2, 0.25) is 0 Å². The van der Waals surface area contributed by atoms with Crippen molar-refractivity contribution in [1.82, 2.24) is 0 Å². The van der Waals surface area contributed by atoms with Crippen molar-refractivity contribution in [2.75, 3.05) is 6.26 Å². The van der Waals surface area contributed by atoms with E-state index in [9.17, 15) is 27.6 Å². The molecular weight excluding hydrogens is 316 g/mol. The van der Waals surface area contributed by atoms with Gasteiger partial charge in [-0.2, -0.15) is 8.42 Å². The lowest BCUT2D eigenvalue weighted by molar-refractivity contribution is -0.143. The van der Waals surface area contributed by atoms with Gasteiger partial charge in [0.05, 0.1) is 19.1 Å². The molecule has 0 aromatic heterocycles. The zero-order chi connectivity index (χ0) is 17.6. The monoisotopic (exact) mass is 330 g/mol. The number of carbonyl (C=O) groups is 4. The molecule has 0 aromatic rings. The lowest BCUT2D eigenvalue weighted by atomic mass is 10.3. The summed E-state index contributed by atoms with van der Waals surface area (Å²) in [6.07, 6.45) is 1.24. The third-order valence-corrected chi connectivity index (χ3v) is 0.921. The molecule has 12 heteroatoms. The van der Waals surface area contributed by atoms with E-state index in [1.54, 1.807) is 0 Å². The Morgan fingerprint density at radius 3 is 1.10 bits per heavy atom. The Balaban J connectivity index is -0.000000239. The molecule has 0 heterocycles. The normalized spacial score (nSPS) is 9.62. The van der Waals surface area contributed by atoms with Gasteiger partial charge in [-0.25, -0.2) is 9.59 Å². The molecule has 21 heavy (non-hydrogen) atoms. The van der Waals surface area contributed by atoms with E-state index in [1.807, 2.05) is 0 Å². The number of carboxylic acid groups (broad SMARTS) is 4. The molecule has 5 N–H and O–H groups in total. The van der Waals surface area contributed by atoms with Gasteiger partial charge >= 0.3 is 23.9 Å². The summed E-state index contributed by atoms with van der Waals surface area (Å²) >= 11 is 0. The van der Waals surface area contributed by atoms with Gasteiger partial charge < -0.3 is 20.4 Å². The van der Waals surface area contributed by atoms with Crippen LogP contribution in [0.3, 0.4) is 0 Å². The minimum Gasteiger partial charge on any atom is -0.481 e. The summed E-state index contributed by atoms with van der Waals surface area (Å²) in [6, 6.07) is 0. The van der Waals surface area contributed by atoms with Gasteiger partial charge in [-0.1, -0.05) is 0 Å². The molecule has 0 atom stereocenters. The lowest BCUT2D eigenvalue weighted by Gasteiger charge is -1.85. The van der Waals surface area contributed by atoms with Gasteiger partial charge in [0.25, 0.3) is 10.1 Å². The highest BCUT2D eigenvalue weighted by molar-refractivity contribution is 7.85. The first kappa shape index (κ1) is 23.6. The van der Waals surface area contributed by atoms with Gasteiger partial charge in [-0.05, 0) is 0 Å². The van der Waals surface area contributed by atoms with Gasteiger partial charge in [-0.3, -0.25) is 14.1 Å². The molecule has 0 unspecified atom stereocenters. The van der Waals surface area contributed by atoms with Gasteiger partial charge in [0.1, 0.15) is 0 Å². The quantitative estimate of drug-likeness (QED) is 0.310. The molecule has 0 bridgehead atoms. The molecule has 0 aliphatic heterocycles. The second-order valence-electron chi connectivity index (χ2n) is 3.03. The maximum atomic E-state index is 9.64. The van der Waals surface area contributed by atoms with E-state index in [0.717, 1.165) is 0 Å². The Bertz CT molecular complexity index is 450. The van der Waals surface area contributed by atoms with Crippen LogP contribution in [-0.4, -0.2) is 63.5 Å². The molecule has 0 saturated heterocycles. The fourth-order valence-corrected chi connectivity index (χ4v) is 0.356. The van der Waals surface area contributed by atoms with Crippen LogP contribution in [0.25, 0.3) is 0 Å². The first-order chi connectivity index (χ1) is 9.25. The van der Waals surface area contributed by atoms with Crippen LogP contribution in [0.5, 0.6) is 0 Å². The van der Waals surface area contributed by atoms with E-state index >= 15 is 0 Å². The van der Waals surface area contributed by atoms with Gasteiger partial charge in [0.15, 0.2) is 0 Å². The number of aliphatic carboxylic acids is 4. The van der Waals surface area contributed by atoms with E-state index in [2.05, 4.69) is 0 Å². The van der Waals surface area contributed by atoms with Crippen LogP contribution in [0.15, 0.2) is 12.2 Å². The molecule has 0 fully saturated rings. The van der Waals surface area contributed by atoms with E-state index in [-0.39, 0.29) is 12.8 Å². The van der Waals surface area contributed by atoms with Crippen LogP contribution < -0.4 is 0 Å². The first-order valence-corrected chi connectivity index (χ1v) is 6.60. The fourth-order valence-electron chi connectivity index (χ4n) is 0.356. The van der Waals surface area contributed by atoms with Crippen molar-refractivity contribution >= 4 is 34.0 Å². The molecule has 0 amide bonds. The average molecular weight is 330 g/mol. The third-order valence-electron chi connectivity index (χ3n) is 0.921. The number of rotatable bonds is 5. The number of hydrogen-bond donors (Lipinski definition) is 5. The molecule has 0 aromatic carbocycles. The topological polar surface area (TPSA) is 204 Å². The molecule has 122 valence electrons. The molecule has 0 aliphatic carbocycles. The van der Waals surface area contributed by atoms with Crippen LogP contribution >= 0.6 is 0 Å². The molecular formula is C9H14O11S. The Labute approximate surface area is 118 Å². The maximum absolute atomic E-state index is 9.64. The summed E-state index contributed by atoms with van der Waals surface area (Å²) in [6.45, 7) is 0. The zero-order valence-corrected chi connectivity index (χ0v) is 11.5. The van der Waals surface area contributed by atoms with Crippen LogP contribution in [0.4, 0.5) is 0 Å². The predicted octanol–water partition coefficient (Wildman–Crippen LogP) is -0.848. The van der Waals surface area contributed by atoms with Crippen molar-refractivity contribution in [3.63, 3.8) is 0 Å². The van der Waals surface area contributed by atoms with Gasteiger partial charge in [-0.15, -0.1) is 0 Å². The number of carboxylic acids is 4. The fraction of sp³-hybridized carbons (Fsp3) is 0.333. The zero-order valence-electron chi connectivity index (χ0n) is 10.7. The smallest absolute Gasteiger partial charge is 0.328 e. The van der Waals surface area contributed by atoms with Crippen LogP contribution in [0, 0.1) is 0 Å². The summed E-state index contributed by atoms with van der Waals surface area (Å²) < 4.78 is 25.9. The Kier molecular flexibility index (Phi) is 14.1. The van der Waals surface area contributed by atoms with Crippen molar-refractivity contribution in [3.8, 4) is 0 Å². The summed E-state index contributed by atoms with van der Waals surface area (Å²) in [5.74, 6) is -4.67. The molecule has 0 rings (SSSR count). The lowest BCUT2D eigenvalue weighted by Crippen LogP contribution is -2.00. The first-order valence-electron chi connectivity index (χ1n) is 4.75. The summed E-state index contributed by atoms with van der Waals surface area (Å²) in [4.78, 5) is 38.4. The third kappa shape index (κ3) is 74.6. The standard InChI is InChI=1S/C4H6O4.C4H4O4.CH4O3S/c2*5-3(6)1-2-4(7)8;1-5(2,3)4/h1-2H2,(H,5,6)(H,7,8);1-2H,(H,5,6)(H,7,8);1H3,(H,2,3,4)/b;2-1+;. The highest BCUT2D eigenvalue weighted by atomic mass is 32.2. The highest BCUT2D eigenvalue weighted by Crippen LogP contribution is 1.86. The van der Waals surface area contributed by atoms with Crippen molar-refractivity contribution in [1.29, 1.82) is 0 Å². The summed E-state index contributed by atoms with van der Waals surface area (Å²) in [5.41, 5.74) is 0. The maximum Gasteiger partial charge on any atom is 0.328 e. The minimum atomic E-state index is -3.67. The minimum absolute atomic E-state index is 0.296.